The lowest BCUT2D eigenvalue weighted by atomic mass is 10.1. The molecule has 8 heteroatoms. The fourth-order valence-corrected chi connectivity index (χ4v) is 2.82. The van der Waals surface area contributed by atoms with Gasteiger partial charge in [-0.2, -0.15) is 4.98 Å². The van der Waals surface area contributed by atoms with Crippen molar-refractivity contribution in [1.29, 1.82) is 0 Å². The van der Waals surface area contributed by atoms with Crippen molar-refractivity contribution in [3.8, 4) is 34.0 Å². The van der Waals surface area contributed by atoms with E-state index < -0.39 is 5.69 Å². The molecule has 166 valence electrons. The van der Waals surface area contributed by atoms with Gasteiger partial charge >= 0.3 is 5.69 Å². The van der Waals surface area contributed by atoms with Gasteiger partial charge in [0, 0.05) is 11.8 Å². The van der Waals surface area contributed by atoms with Crippen molar-refractivity contribution in [3.63, 3.8) is 0 Å². The zero-order chi connectivity index (χ0) is 23.1. The Balaban J connectivity index is 1.67. The van der Waals surface area contributed by atoms with Crippen molar-refractivity contribution in [2.75, 3.05) is 6.61 Å². The molecule has 0 aliphatic heterocycles. The summed E-state index contributed by atoms with van der Waals surface area (Å²) < 4.78 is 10.7. The number of hydrogen-bond donors (Lipinski definition) is 3. The number of hydrogen-bond acceptors (Lipinski definition) is 6. The van der Waals surface area contributed by atoms with Gasteiger partial charge < -0.3 is 24.9 Å². The first-order valence-electron chi connectivity index (χ1n) is 10.1. The Kier molecular flexibility index (Phi) is 7.28. The van der Waals surface area contributed by atoms with Gasteiger partial charge in [0.1, 0.15) is 11.5 Å². The number of rotatable bonds is 8. The Hall–Kier alpha value is -4.07. The van der Waals surface area contributed by atoms with Gasteiger partial charge in [0.25, 0.3) is 5.91 Å². The van der Waals surface area contributed by atoms with Crippen LogP contribution in [0.2, 0.25) is 0 Å². The van der Waals surface area contributed by atoms with Crippen LogP contribution in [0.4, 0.5) is 0 Å². The molecule has 0 bridgehead atoms. The second kappa shape index (κ2) is 10.3. The Morgan fingerprint density at radius 2 is 1.88 bits per heavy atom. The monoisotopic (exact) mass is 435 g/mol. The molecular formula is C24H25N3O5. The number of nitrogens with one attached hydrogen (secondary N) is 2. The number of aromatic hydroxyl groups is 1. The lowest BCUT2D eigenvalue weighted by Gasteiger charge is -2.09. The maximum Gasteiger partial charge on any atom is 0.345 e. The number of benzene rings is 2. The fraction of sp³-hybridized carbons (Fsp3) is 0.208. The number of carbonyl (C=O) groups is 1. The van der Waals surface area contributed by atoms with Gasteiger partial charge in [-0.3, -0.25) is 4.79 Å². The van der Waals surface area contributed by atoms with Crippen LogP contribution in [0, 0.1) is 6.92 Å². The Morgan fingerprint density at radius 3 is 2.56 bits per heavy atom. The lowest BCUT2D eigenvalue weighted by Crippen LogP contribution is -2.24. The molecule has 1 aromatic heterocycles. The van der Waals surface area contributed by atoms with Crippen LogP contribution in [0.5, 0.6) is 11.5 Å². The van der Waals surface area contributed by atoms with Crippen LogP contribution in [0.3, 0.4) is 0 Å². The summed E-state index contributed by atoms with van der Waals surface area (Å²) in [4.78, 5) is 30.7. The largest absolute Gasteiger partial charge is 0.508 e. The highest BCUT2D eigenvalue weighted by Gasteiger charge is 2.08. The molecule has 1 heterocycles. The number of amides is 1. The summed E-state index contributed by atoms with van der Waals surface area (Å²) in [7, 11) is 0. The van der Waals surface area contributed by atoms with Crippen LogP contribution in [0.15, 0.2) is 65.8 Å². The van der Waals surface area contributed by atoms with E-state index in [2.05, 4.69) is 15.3 Å². The zero-order valence-electron chi connectivity index (χ0n) is 18.1. The molecule has 0 atom stereocenters. The van der Waals surface area contributed by atoms with Crippen LogP contribution in [0.1, 0.15) is 19.4 Å². The highest BCUT2D eigenvalue weighted by atomic mass is 16.5. The van der Waals surface area contributed by atoms with Crippen molar-refractivity contribution in [3.05, 3.63) is 77.0 Å². The number of aromatic amines is 1. The standard InChI is InChI=1S/C24H25N3O5/c1-15(2)31-11-10-25-23(29)14-32-19-7-4-17(5-8-19)20-13-21(27-24(30)26-20)18-6-9-22(28)16(3)12-18/h4-13,15,28H,14H2,1-3H3,(H,25,29)(H,26,27,30)/b11-10+. The number of ether oxygens (including phenoxy) is 2. The maximum absolute atomic E-state index is 12.1. The van der Waals surface area contributed by atoms with Crippen LogP contribution in [-0.2, 0) is 9.53 Å². The van der Waals surface area contributed by atoms with E-state index in [1.54, 1.807) is 55.5 Å². The third-order valence-corrected chi connectivity index (χ3v) is 4.44. The van der Waals surface area contributed by atoms with Crippen molar-refractivity contribution >= 4 is 5.91 Å². The summed E-state index contributed by atoms with van der Waals surface area (Å²) >= 11 is 0. The summed E-state index contributed by atoms with van der Waals surface area (Å²) in [6.45, 7) is 5.40. The van der Waals surface area contributed by atoms with Crippen molar-refractivity contribution in [2.24, 2.45) is 0 Å². The maximum atomic E-state index is 12.1. The first-order chi connectivity index (χ1) is 15.3. The second-order valence-electron chi connectivity index (χ2n) is 7.35. The quantitative estimate of drug-likeness (QED) is 0.467. The molecule has 0 unspecified atom stereocenters. The molecule has 0 fully saturated rings. The van der Waals surface area contributed by atoms with E-state index in [0.29, 0.717) is 22.7 Å². The SMILES string of the molecule is Cc1cc(-c2cc(-c3ccc(OCC(=O)N/C=C/OC(C)C)cc3)[nH]c(=O)n2)ccc1O. The van der Waals surface area contributed by atoms with Gasteiger partial charge in [0.2, 0.25) is 0 Å². The molecule has 0 aliphatic rings. The van der Waals surface area contributed by atoms with Crippen LogP contribution in [-0.4, -0.2) is 33.7 Å². The molecular weight excluding hydrogens is 410 g/mol. The normalized spacial score (nSPS) is 11.0. The molecule has 32 heavy (non-hydrogen) atoms. The van der Waals surface area contributed by atoms with Gasteiger partial charge in [-0.15, -0.1) is 0 Å². The summed E-state index contributed by atoms with van der Waals surface area (Å²) in [5, 5.41) is 12.3. The first kappa shape index (κ1) is 22.6. The Morgan fingerprint density at radius 1 is 1.16 bits per heavy atom. The Bertz CT molecular complexity index is 1170. The minimum Gasteiger partial charge on any atom is -0.508 e. The molecule has 0 aliphatic carbocycles. The first-order valence-corrected chi connectivity index (χ1v) is 10.1. The highest BCUT2D eigenvalue weighted by Crippen LogP contribution is 2.26. The third-order valence-electron chi connectivity index (χ3n) is 4.44. The minimum absolute atomic E-state index is 0.0366. The summed E-state index contributed by atoms with van der Waals surface area (Å²) in [6, 6.07) is 13.8. The van der Waals surface area contributed by atoms with E-state index >= 15 is 0 Å². The van der Waals surface area contributed by atoms with E-state index in [9.17, 15) is 14.7 Å². The number of phenolic OH excluding ortho intramolecular Hbond substituents is 1. The van der Waals surface area contributed by atoms with E-state index in [1.807, 2.05) is 13.8 Å². The highest BCUT2D eigenvalue weighted by molar-refractivity contribution is 5.78. The lowest BCUT2D eigenvalue weighted by molar-refractivity contribution is -0.122. The molecule has 0 spiro atoms. The van der Waals surface area contributed by atoms with E-state index in [4.69, 9.17) is 9.47 Å². The summed E-state index contributed by atoms with van der Waals surface area (Å²) in [6.07, 6.45) is 2.87. The number of nitrogens with zero attached hydrogens (tertiary/aromatic N) is 1. The van der Waals surface area contributed by atoms with Crippen molar-refractivity contribution in [2.45, 2.75) is 26.9 Å². The smallest absolute Gasteiger partial charge is 0.345 e. The molecule has 8 nitrogen and oxygen atoms in total. The predicted molar refractivity (Wildman–Crippen MR) is 121 cm³/mol. The predicted octanol–water partition coefficient (Wildman–Crippen LogP) is 3.51. The molecule has 3 aromatic rings. The number of H-pyrrole nitrogens is 1. The van der Waals surface area contributed by atoms with E-state index in [0.717, 1.165) is 11.1 Å². The third kappa shape index (κ3) is 6.21. The molecule has 0 saturated carbocycles. The molecule has 1 amide bonds. The summed E-state index contributed by atoms with van der Waals surface area (Å²) in [5.41, 5.74) is 2.79. The van der Waals surface area contributed by atoms with Gasteiger partial charge in [-0.05, 0) is 80.4 Å². The van der Waals surface area contributed by atoms with Crippen LogP contribution in [0.25, 0.3) is 22.5 Å². The van der Waals surface area contributed by atoms with E-state index in [1.165, 1.54) is 12.5 Å². The topological polar surface area (TPSA) is 114 Å². The van der Waals surface area contributed by atoms with Crippen molar-refractivity contribution < 1.29 is 19.4 Å². The Labute approximate surface area is 185 Å². The molecule has 3 N–H and O–H groups in total. The molecule has 3 rings (SSSR count). The van der Waals surface area contributed by atoms with Gasteiger partial charge in [-0.25, -0.2) is 4.79 Å². The van der Waals surface area contributed by atoms with E-state index in [-0.39, 0.29) is 24.4 Å². The number of carbonyl (C=O) groups excluding carboxylic acids is 1. The number of phenols is 1. The number of aromatic nitrogens is 2. The zero-order valence-corrected chi connectivity index (χ0v) is 18.1. The molecule has 0 saturated heterocycles. The van der Waals surface area contributed by atoms with Crippen molar-refractivity contribution in [1.82, 2.24) is 15.3 Å². The molecule has 2 aromatic carbocycles. The minimum atomic E-state index is -0.477. The average molecular weight is 435 g/mol. The number of aryl methyl sites for hydroxylation is 1. The van der Waals surface area contributed by atoms with Crippen LogP contribution < -0.4 is 15.7 Å². The van der Waals surface area contributed by atoms with Gasteiger partial charge in [-0.1, -0.05) is 0 Å². The van der Waals surface area contributed by atoms with Gasteiger partial charge in [0.15, 0.2) is 6.61 Å². The fourth-order valence-electron chi connectivity index (χ4n) is 2.82. The summed E-state index contributed by atoms with van der Waals surface area (Å²) in [5.74, 6) is 0.380. The van der Waals surface area contributed by atoms with Gasteiger partial charge in [0.05, 0.1) is 23.8 Å². The molecule has 0 radical (unpaired) electrons. The van der Waals surface area contributed by atoms with Crippen LogP contribution >= 0.6 is 0 Å². The average Bonchev–Trinajstić information content (AvgIpc) is 2.77. The second-order valence-corrected chi connectivity index (χ2v) is 7.35.